The highest BCUT2D eigenvalue weighted by atomic mass is 35.5. The summed E-state index contributed by atoms with van der Waals surface area (Å²) >= 11 is 4.74. The fourth-order valence-corrected chi connectivity index (χ4v) is 3.93. The van der Waals surface area contributed by atoms with Crippen molar-refractivity contribution in [1.82, 2.24) is 31.1 Å². The lowest BCUT2D eigenvalue weighted by Gasteiger charge is -2.17. The van der Waals surface area contributed by atoms with Gasteiger partial charge in [0.2, 0.25) is 11.8 Å². The Hall–Kier alpha value is -6.55. The van der Waals surface area contributed by atoms with Crippen LogP contribution in [0.1, 0.15) is 99.3 Å². The second kappa shape index (κ2) is 62.5. The van der Waals surface area contributed by atoms with E-state index < -0.39 is 35.5 Å². The maximum atomic E-state index is 11.9. The summed E-state index contributed by atoms with van der Waals surface area (Å²) < 4.78 is 13.6. The third-order valence-corrected chi connectivity index (χ3v) is 8.18. The number of ether oxygens (including phenoxy) is 3. The molecule has 0 fully saturated rings. The molecule has 0 saturated carbocycles. The Kier molecular flexibility index (Phi) is 69.0. The molecule has 0 unspecified atom stereocenters. The molecule has 0 aromatic carbocycles. The molecule has 0 aliphatic rings. The molecule has 2 atom stereocenters. The molecule has 0 bridgehead atoms. The number of halogens is 1. The number of nitrogens with two attached hydrogens (primary N) is 3. The van der Waals surface area contributed by atoms with Crippen molar-refractivity contribution in [3.63, 3.8) is 0 Å². The predicted molar refractivity (Wildman–Crippen MR) is 269 cm³/mol. The zero-order chi connectivity index (χ0) is 57.1. The number of carboxylic acid groups (broad SMARTS) is 1. The molecule has 6 amide bonds. The van der Waals surface area contributed by atoms with Crippen molar-refractivity contribution < 1.29 is 62.8 Å². The van der Waals surface area contributed by atoms with Crippen molar-refractivity contribution in [2.24, 2.45) is 35.0 Å². The summed E-state index contributed by atoms with van der Waals surface area (Å²) in [4.78, 5) is 88.8. The van der Waals surface area contributed by atoms with Gasteiger partial charge < -0.3 is 72.7 Å². The van der Waals surface area contributed by atoms with Crippen LogP contribution < -0.4 is 38.5 Å². The molecule has 414 valence electrons. The minimum atomic E-state index is -0.969. The van der Waals surface area contributed by atoms with E-state index in [-0.39, 0.29) is 88.0 Å². The lowest BCUT2D eigenvalue weighted by Crippen LogP contribution is -2.35. The first kappa shape index (κ1) is 79.6. The first-order chi connectivity index (χ1) is 33.9. The number of aliphatic hydroxyl groups excluding tert-OH is 1. The molecule has 12 N–H and O–H groups in total. The third kappa shape index (κ3) is 75.0. The van der Waals surface area contributed by atoms with Crippen molar-refractivity contribution in [1.29, 1.82) is 21.0 Å². The highest BCUT2D eigenvalue weighted by Gasteiger charge is 2.25. The summed E-state index contributed by atoms with van der Waals surface area (Å²) in [5.41, 5.74) is 14.3. The number of urea groups is 1. The number of hydrogen-bond acceptors (Lipinski definition) is 19. The van der Waals surface area contributed by atoms with E-state index in [9.17, 15) is 38.4 Å². The quantitative estimate of drug-likeness (QED) is 0.0341. The molecule has 0 radical (unpaired) electrons. The highest BCUT2D eigenvalue weighted by molar-refractivity contribution is 6.61. The van der Waals surface area contributed by atoms with Crippen molar-refractivity contribution in [3.05, 3.63) is 0 Å². The summed E-state index contributed by atoms with van der Waals surface area (Å²) in [6.45, 7) is 15.5. The van der Waals surface area contributed by atoms with Gasteiger partial charge in [-0.15, -0.1) is 0 Å². The fourth-order valence-electron chi connectivity index (χ4n) is 3.85. The number of carbonyl (C=O) groups is 8. The van der Waals surface area contributed by atoms with Gasteiger partial charge in [-0.25, -0.2) is 19.2 Å². The minimum Gasteiger partial charge on any atom is -0.481 e. The van der Waals surface area contributed by atoms with Gasteiger partial charge in [-0.1, -0.05) is 34.1 Å². The van der Waals surface area contributed by atoms with Crippen LogP contribution >= 0.6 is 11.6 Å². The lowest BCUT2D eigenvalue weighted by atomic mass is 9.87. The maximum absolute atomic E-state index is 11.9. The van der Waals surface area contributed by atoms with Crippen LogP contribution in [0.25, 0.3) is 0 Å². The molecule has 0 aliphatic carbocycles. The van der Waals surface area contributed by atoms with Crippen molar-refractivity contribution in [3.8, 4) is 24.3 Å². The normalized spacial score (nSPS) is 9.81. The van der Waals surface area contributed by atoms with Crippen LogP contribution in [0.2, 0.25) is 0 Å². The van der Waals surface area contributed by atoms with E-state index in [1.165, 1.54) is 23.6 Å². The first-order valence-corrected chi connectivity index (χ1v) is 23.3. The number of ketones is 1. The standard InChI is InChI=1S/C13H24N2O4.C9H15N3O3.C7H13N3O2.C6H13NO.C4H4ClNO2.C3H10N2.C3H5NO/c1-8(2)9(3)11(16)7-10(12(17)18)5-4-6-15-13(14)19;1-8(13)11-5-6-12(2)9(14)15-7-3-4-10;1-10(5-4-9)7(11)12-6-2-3-8;1-3-4-5-7-6(2)8;5-4(7)8-3-1-2-6;1-5-3-2-4;4-2-1-3-5/h8-10H,4-7H2,1-3H3,(H,17,18)(H3,14,15,19);3,5-7H2,1-2H3,(H,11,13);2,4-6,9H2,1H3;3-5H2,1-2H3,(H,7,8);1,3H2;5H,2-4H2,1H3;5H,1,3H2/t9-,10+;;;;;;/m0....../s1. The van der Waals surface area contributed by atoms with Crippen LogP contribution in [0.3, 0.4) is 0 Å². The summed E-state index contributed by atoms with van der Waals surface area (Å²) in [5.74, 6) is -1.68. The van der Waals surface area contributed by atoms with Crippen molar-refractivity contribution >= 4 is 58.8 Å². The van der Waals surface area contributed by atoms with Gasteiger partial charge in [-0.05, 0) is 32.2 Å². The number of carboxylic acids is 1. The number of aliphatic hydroxyl groups is 1. The Morgan fingerprint density at radius 1 is 0.681 bits per heavy atom. The largest absolute Gasteiger partial charge is 0.481 e. The zero-order valence-electron chi connectivity index (χ0n) is 43.8. The smallest absolute Gasteiger partial charge is 0.409 e. The number of nitriles is 4. The molecule has 0 aliphatic heterocycles. The fraction of sp³-hybridized carbons (Fsp3) is 0.733. The van der Waals surface area contributed by atoms with E-state index in [0.29, 0.717) is 45.6 Å². The van der Waals surface area contributed by atoms with Crippen LogP contribution in [-0.4, -0.2) is 167 Å². The Morgan fingerprint density at radius 2 is 1.12 bits per heavy atom. The van der Waals surface area contributed by atoms with E-state index in [1.807, 2.05) is 40.0 Å². The zero-order valence-corrected chi connectivity index (χ0v) is 44.5. The van der Waals surface area contributed by atoms with Gasteiger partial charge in [-0.3, -0.25) is 19.2 Å². The molecule has 0 aromatic rings. The first-order valence-electron chi connectivity index (χ1n) is 22.9. The van der Waals surface area contributed by atoms with E-state index in [2.05, 4.69) is 32.9 Å². The molecule has 26 nitrogen and oxygen atoms in total. The van der Waals surface area contributed by atoms with Crippen LogP contribution in [0.5, 0.6) is 0 Å². The average Bonchev–Trinajstić information content (AvgIpc) is 3.31. The van der Waals surface area contributed by atoms with E-state index in [4.69, 9.17) is 69.5 Å². The summed E-state index contributed by atoms with van der Waals surface area (Å²) in [6, 6.07) is 6.67. The second-order valence-electron chi connectivity index (χ2n) is 14.7. The number of nitrogens with one attached hydrogen (secondary N) is 4. The number of hydrogen-bond donors (Lipinski definition) is 9. The maximum Gasteiger partial charge on any atom is 0.409 e. The average molecular weight is 1050 g/mol. The van der Waals surface area contributed by atoms with E-state index >= 15 is 0 Å². The molecule has 72 heavy (non-hydrogen) atoms. The molecular weight excluding hydrogens is 966 g/mol. The Bertz CT molecular complexity index is 1600. The van der Waals surface area contributed by atoms with Gasteiger partial charge in [0.15, 0.2) is 0 Å². The number of unbranched alkanes of at least 4 members (excludes halogenated alkanes) is 1. The van der Waals surface area contributed by atoms with Crippen LogP contribution in [0, 0.1) is 63.1 Å². The topological polar surface area (TPSA) is 433 Å². The number of primary amides is 1. The predicted octanol–water partition coefficient (Wildman–Crippen LogP) is 2.67. The van der Waals surface area contributed by atoms with Gasteiger partial charge in [0.25, 0.3) is 0 Å². The summed E-state index contributed by atoms with van der Waals surface area (Å²) in [7, 11) is 5.05. The number of likely N-dealkylation sites (N-methyl/N-ethyl adjacent to an activating group) is 3. The molecular formula is C45H84ClN13O13. The van der Waals surface area contributed by atoms with E-state index in [1.54, 1.807) is 26.2 Å². The number of nitrogens with zero attached hydrogens (tertiary/aromatic N) is 6. The Balaban J connectivity index is -0.000000144. The van der Waals surface area contributed by atoms with Crippen molar-refractivity contribution in [2.75, 3.05) is 99.9 Å². The molecule has 0 spiro atoms. The summed E-state index contributed by atoms with van der Waals surface area (Å²) in [6.07, 6.45) is 3.04. The lowest BCUT2D eigenvalue weighted by molar-refractivity contribution is -0.144. The molecule has 0 saturated heterocycles. The number of carbonyl (C=O) groups excluding carboxylic acids is 7. The number of aliphatic carboxylic acids is 1. The SMILES string of the molecule is CC(=O)NCCN(C)C(=O)OCCC#N.CC(C)[C@H](C)C(=O)C[C@@H](CCCNC(N)=O)C(=O)O.CCCCNC(C)=O.CN(CCN)C(=O)OCCC#N.CNCCN.N#CCCO.N#CCCOC(=O)Cl. The Morgan fingerprint density at radius 3 is 1.44 bits per heavy atom. The molecule has 0 rings (SSSR count). The van der Waals surface area contributed by atoms with Crippen molar-refractivity contribution in [2.45, 2.75) is 99.3 Å². The molecule has 0 aromatic heterocycles. The minimum absolute atomic E-state index is 0.0174. The number of rotatable bonds is 26. The van der Waals surface area contributed by atoms with E-state index in [0.717, 1.165) is 32.5 Å². The number of amides is 6. The monoisotopic (exact) mass is 1050 g/mol. The number of Topliss-reactive ketones (excluding diaryl/α,β-unsaturated/α-hetero) is 1. The summed E-state index contributed by atoms with van der Waals surface area (Å²) in [5, 5.41) is 59.4. The van der Waals surface area contributed by atoms with Gasteiger partial charge >= 0.3 is 29.6 Å². The van der Waals surface area contributed by atoms with Crippen LogP contribution in [0.15, 0.2) is 0 Å². The molecule has 27 heteroatoms. The van der Waals surface area contributed by atoms with Gasteiger partial charge in [0, 0.05) is 104 Å². The highest BCUT2D eigenvalue weighted by Crippen LogP contribution is 2.19. The Labute approximate surface area is 431 Å². The van der Waals surface area contributed by atoms with Crippen LogP contribution in [0.4, 0.5) is 19.2 Å². The second-order valence-corrected chi connectivity index (χ2v) is 15.0. The van der Waals surface area contributed by atoms with Gasteiger partial charge in [0.05, 0.1) is 62.5 Å². The van der Waals surface area contributed by atoms with Crippen LogP contribution in [-0.2, 0) is 33.4 Å². The van der Waals surface area contributed by atoms with Gasteiger partial charge in [0.1, 0.15) is 25.6 Å². The molecule has 0 heterocycles. The van der Waals surface area contributed by atoms with Gasteiger partial charge in [-0.2, -0.15) is 21.0 Å². The third-order valence-electron chi connectivity index (χ3n) is 8.07.